The lowest BCUT2D eigenvalue weighted by molar-refractivity contribution is -0.192. The van der Waals surface area contributed by atoms with Gasteiger partial charge in [-0.15, -0.1) is 0 Å². The SMILES string of the molecule is COc1ccc(S(=O)(=O)N(CC(=O)N2CCNCC2)Cc2ccccc2)cc1OC.O=C(O)C(F)(F)F. The summed E-state index contributed by atoms with van der Waals surface area (Å²) in [5.41, 5.74) is 0.801. The molecule has 1 heterocycles. The zero-order valence-corrected chi connectivity index (χ0v) is 21.0. The van der Waals surface area contributed by atoms with Crippen LogP contribution in [0.4, 0.5) is 13.2 Å². The minimum Gasteiger partial charge on any atom is -0.493 e. The van der Waals surface area contributed by atoms with Gasteiger partial charge in [0.25, 0.3) is 0 Å². The Morgan fingerprint density at radius 2 is 1.59 bits per heavy atom. The van der Waals surface area contributed by atoms with Crippen LogP contribution in [0.2, 0.25) is 0 Å². The van der Waals surface area contributed by atoms with Gasteiger partial charge >= 0.3 is 12.1 Å². The minimum atomic E-state index is -5.08. The Balaban J connectivity index is 0.000000604. The van der Waals surface area contributed by atoms with Gasteiger partial charge in [0.2, 0.25) is 15.9 Å². The van der Waals surface area contributed by atoms with Crippen LogP contribution >= 0.6 is 0 Å². The second kappa shape index (κ2) is 13.3. The largest absolute Gasteiger partial charge is 0.493 e. The molecule has 1 aliphatic heterocycles. The van der Waals surface area contributed by atoms with E-state index in [4.69, 9.17) is 19.4 Å². The van der Waals surface area contributed by atoms with Gasteiger partial charge in [-0.3, -0.25) is 4.79 Å². The van der Waals surface area contributed by atoms with Crippen LogP contribution in [0.1, 0.15) is 5.56 Å². The Labute approximate surface area is 212 Å². The number of nitrogens with zero attached hydrogens (tertiary/aromatic N) is 2. The molecule has 0 aliphatic carbocycles. The summed E-state index contributed by atoms with van der Waals surface area (Å²) in [6.45, 7) is 2.39. The van der Waals surface area contributed by atoms with Crippen molar-refractivity contribution in [2.24, 2.45) is 0 Å². The maximum atomic E-state index is 13.5. The lowest BCUT2D eigenvalue weighted by Crippen LogP contribution is -2.50. The average molecular weight is 548 g/mol. The Bertz CT molecular complexity index is 1160. The Kier molecular flexibility index (Phi) is 10.7. The molecule has 2 N–H and O–H groups in total. The first kappa shape index (κ1) is 29.9. The van der Waals surface area contributed by atoms with Crippen molar-refractivity contribution in [1.82, 2.24) is 14.5 Å². The third-order valence-corrected chi connectivity index (χ3v) is 7.01. The number of hydrogen-bond acceptors (Lipinski definition) is 7. The molecule has 1 saturated heterocycles. The molecule has 0 bridgehead atoms. The number of carbonyl (C=O) groups is 2. The standard InChI is InChI=1S/C21H27N3O5S.C2HF3O2/c1-28-19-9-8-18(14-20(19)29-2)30(26,27)24(15-17-6-4-3-5-7-17)16-21(25)23-12-10-22-11-13-23;3-2(4,5)1(6)7/h3-9,14,22H,10-13,15-16H2,1-2H3;(H,6,7). The fourth-order valence-corrected chi connectivity index (χ4v) is 4.70. The maximum absolute atomic E-state index is 13.5. The molecule has 0 saturated carbocycles. The van der Waals surface area contributed by atoms with E-state index < -0.39 is 22.2 Å². The first-order valence-electron chi connectivity index (χ1n) is 10.9. The second-order valence-electron chi connectivity index (χ2n) is 7.71. The van der Waals surface area contributed by atoms with Crippen molar-refractivity contribution in [3.8, 4) is 11.5 Å². The van der Waals surface area contributed by atoms with E-state index in [1.165, 1.54) is 30.7 Å². The molecule has 0 atom stereocenters. The molecular weight excluding hydrogens is 519 g/mol. The number of ether oxygens (including phenoxy) is 2. The summed E-state index contributed by atoms with van der Waals surface area (Å²) in [7, 11) is -1.02. The van der Waals surface area contributed by atoms with Crippen molar-refractivity contribution >= 4 is 21.9 Å². The van der Waals surface area contributed by atoms with E-state index in [0.29, 0.717) is 37.7 Å². The predicted molar refractivity (Wildman–Crippen MR) is 127 cm³/mol. The highest BCUT2D eigenvalue weighted by Crippen LogP contribution is 2.31. The molecule has 14 heteroatoms. The van der Waals surface area contributed by atoms with E-state index >= 15 is 0 Å². The van der Waals surface area contributed by atoms with Gasteiger partial charge in [0.15, 0.2) is 11.5 Å². The highest BCUT2D eigenvalue weighted by atomic mass is 32.2. The van der Waals surface area contributed by atoms with Crippen molar-refractivity contribution in [2.75, 3.05) is 46.9 Å². The Morgan fingerprint density at radius 1 is 1.03 bits per heavy atom. The fraction of sp³-hybridized carbons (Fsp3) is 0.391. The van der Waals surface area contributed by atoms with Crippen molar-refractivity contribution in [1.29, 1.82) is 0 Å². The molecule has 3 rings (SSSR count). The maximum Gasteiger partial charge on any atom is 0.490 e. The Hall–Kier alpha value is -3.36. The van der Waals surface area contributed by atoms with Crippen LogP contribution in [-0.4, -0.2) is 87.7 Å². The van der Waals surface area contributed by atoms with Gasteiger partial charge in [0, 0.05) is 38.8 Å². The van der Waals surface area contributed by atoms with Crippen molar-refractivity contribution in [3.05, 3.63) is 54.1 Å². The summed E-state index contributed by atoms with van der Waals surface area (Å²) in [5, 5.41) is 10.3. The zero-order valence-electron chi connectivity index (χ0n) is 20.2. The number of carbonyl (C=O) groups excluding carboxylic acids is 1. The summed E-state index contributed by atoms with van der Waals surface area (Å²) < 4.78 is 70.4. The van der Waals surface area contributed by atoms with Crippen LogP contribution in [0.3, 0.4) is 0 Å². The fourth-order valence-electron chi connectivity index (χ4n) is 3.30. The van der Waals surface area contributed by atoms with Crippen LogP contribution in [0.5, 0.6) is 11.5 Å². The summed E-state index contributed by atoms with van der Waals surface area (Å²) in [5.74, 6) is -2.22. The van der Waals surface area contributed by atoms with Crippen LogP contribution in [-0.2, 0) is 26.2 Å². The molecule has 37 heavy (non-hydrogen) atoms. The highest BCUT2D eigenvalue weighted by molar-refractivity contribution is 7.89. The third-order valence-electron chi connectivity index (χ3n) is 5.22. The Morgan fingerprint density at radius 3 is 2.11 bits per heavy atom. The molecule has 0 spiro atoms. The smallest absolute Gasteiger partial charge is 0.490 e. The van der Waals surface area contributed by atoms with Gasteiger partial charge in [-0.25, -0.2) is 13.2 Å². The first-order valence-corrected chi connectivity index (χ1v) is 12.4. The van der Waals surface area contributed by atoms with Gasteiger partial charge in [-0.05, 0) is 17.7 Å². The number of carboxylic acids is 1. The zero-order chi connectivity index (χ0) is 27.6. The lowest BCUT2D eigenvalue weighted by Gasteiger charge is -2.30. The summed E-state index contributed by atoms with van der Waals surface area (Å²) in [6.07, 6.45) is -5.08. The molecule has 0 unspecified atom stereocenters. The number of halogens is 3. The van der Waals surface area contributed by atoms with Gasteiger partial charge in [-0.1, -0.05) is 30.3 Å². The monoisotopic (exact) mass is 547 g/mol. The van der Waals surface area contributed by atoms with Crippen molar-refractivity contribution in [3.63, 3.8) is 0 Å². The first-order chi connectivity index (χ1) is 17.4. The number of amides is 1. The number of hydrogen-bond donors (Lipinski definition) is 2. The van der Waals surface area contributed by atoms with E-state index in [0.717, 1.165) is 5.56 Å². The lowest BCUT2D eigenvalue weighted by atomic mass is 10.2. The van der Waals surface area contributed by atoms with E-state index in [9.17, 15) is 26.4 Å². The summed E-state index contributed by atoms with van der Waals surface area (Å²) in [4.78, 5) is 23.5. The number of carboxylic acid groups (broad SMARTS) is 1. The predicted octanol–water partition coefficient (Wildman–Crippen LogP) is 1.96. The number of rotatable bonds is 8. The van der Waals surface area contributed by atoms with Crippen molar-refractivity contribution in [2.45, 2.75) is 17.6 Å². The second-order valence-corrected chi connectivity index (χ2v) is 9.65. The van der Waals surface area contributed by atoms with Crippen molar-refractivity contribution < 1.29 is 45.8 Å². The summed E-state index contributed by atoms with van der Waals surface area (Å²) in [6, 6.07) is 13.7. The molecule has 2 aromatic rings. The molecule has 1 aliphatic rings. The number of alkyl halides is 3. The number of benzene rings is 2. The molecule has 204 valence electrons. The van der Waals surface area contributed by atoms with Crippen LogP contribution < -0.4 is 14.8 Å². The van der Waals surface area contributed by atoms with E-state index in [1.807, 2.05) is 30.3 Å². The van der Waals surface area contributed by atoms with Crippen LogP contribution in [0.15, 0.2) is 53.4 Å². The number of methoxy groups -OCH3 is 2. The molecule has 2 aromatic carbocycles. The molecular formula is C23H28F3N3O7S. The molecule has 10 nitrogen and oxygen atoms in total. The van der Waals surface area contributed by atoms with Crippen LogP contribution in [0.25, 0.3) is 0 Å². The van der Waals surface area contributed by atoms with E-state index in [1.54, 1.807) is 11.0 Å². The highest BCUT2D eigenvalue weighted by Gasteiger charge is 2.38. The average Bonchev–Trinajstić information content (AvgIpc) is 2.88. The molecule has 0 radical (unpaired) electrons. The molecule has 1 fully saturated rings. The number of piperazine rings is 1. The molecule has 0 aromatic heterocycles. The van der Waals surface area contributed by atoms with E-state index in [-0.39, 0.29) is 23.9 Å². The van der Waals surface area contributed by atoms with Gasteiger partial charge in [0.05, 0.1) is 25.7 Å². The number of aliphatic carboxylic acids is 1. The van der Waals surface area contributed by atoms with Crippen LogP contribution in [0, 0.1) is 0 Å². The van der Waals surface area contributed by atoms with Gasteiger partial charge < -0.3 is 24.8 Å². The topological polar surface area (TPSA) is 125 Å². The van der Waals surface area contributed by atoms with Gasteiger partial charge in [0.1, 0.15) is 0 Å². The number of sulfonamides is 1. The van der Waals surface area contributed by atoms with Gasteiger partial charge in [-0.2, -0.15) is 17.5 Å². The summed E-state index contributed by atoms with van der Waals surface area (Å²) >= 11 is 0. The molecule has 1 amide bonds. The normalized spacial score (nSPS) is 13.9. The van der Waals surface area contributed by atoms with E-state index in [2.05, 4.69) is 5.32 Å². The minimum absolute atomic E-state index is 0.0455. The third kappa shape index (κ3) is 8.61. The quantitative estimate of drug-likeness (QED) is 0.514. The number of nitrogens with one attached hydrogen (secondary N) is 1.